The van der Waals surface area contributed by atoms with Gasteiger partial charge in [0.25, 0.3) is 0 Å². The number of aryl methyl sites for hydroxylation is 2. The smallest absolute Gasteiger partial charge is 0.150 e. The molecule has 0 amide bonds. The molecule has 14 heavy (non-hydrogen) atoms. The van der Waals surface area contributed by atoms with Crippen molar-refractivity contribution in [3.63, 3.8) is 0 Å². The molecule has 1 unspecified atom stereocenters. The highest BCUT2D eigenvalue weighted by Crippen LogP contribution is 2.16. The van der Waals surface area contributed by atoms with E-state index in [9.17, 15) is 9.90 Å². The van der Waals surface area contributed by atoms with E-state index in [4.69, 9.17) is 0 Å². The van der Waals surface area contributed by atoms with E-state index in [0.29, 0.717) is 12.0 Å². The number of aliphatic hydroxyl groups is 1. The molecule has 1 N–H and O–H groups in total. The zero-order chi connectivity index (χ0) is 10.7. The number of hydrogen-bond acceptors (Lipinski definition) is 2. The Hall–Kier alpha value is -1.15. The normalized spacial score (nSPS) is 12.6. The Labute approximate surface area is 84.6 Å². The molecule has 0 fully saturated rings. The van der Waals surface area contributed by atoms with Crippen LogP contribution in [0.15, 0.2) is 12.1 Å². The quantitative estimate of drug-likeness (QED) is 0.744. The maximum Gasteiger partial charge on any atom is 0.150 e. The zero-order valence-corrected chi connectivity index (χ0v) is 8.87. The molecule has 0 aliphatic heterocycles. The molecule has 2 heteroatoms. The monoisotopic (exact) mass is 192 g/mol. The SMILES string of the molecule is Cc1cc(C=O)c(CC(C)O)cc1C. The molecule has 0 aromatic heterocycles. The number of carbonyl (C=O) groups is 1. The van der Waals surface area contributed by atoms with Crippen molar-refractivity contribution >= 4 is 6.29 Å². The molecule has 1 atom stereocenters. The summed E-state index contributed by atoms with van der Waals surface area (Å²) in [6, 6.07) is 3.85. The number of rotatable bonds is 3. The van der Waals surface area contributed by atoms with Gasteiger partial charge in [-0.3, -0.25) is 4.79 Å². The molecule has 0 radical (unpaired) electrons. The van der Waals surface area contributed by atoms with Crippen molar-refractivity contribution in [2.75, 3.05) is 0 Å². The van der Waals surface area contributed by atoms with E-state index in [1.54, 1.807) is 6.92 Å². The van der Waals surface area contributed by atoms with E-state index in [0.717, 1.165) is 23.0 Å². The first kappa shape index (κ1) is 10.9. The minimum Gasteiger partial charge on any atom is -0.393 e. The van der Waals surface area contributed by atoms with Crippen LogP contribution in [0.1, 0.15) is 34.0 Å². The van der Waals surface area contributed by atoms with Gasteiger partial charge < -0.3 is 5.11 Å². The standard InChI is InChI=1S/C12H16O2/c1-8-4-11(6-10(3)14)12(7-13)5-9(8)2/h4-5,7,10,14H,6H2,1-3H3. The van der Waals surface area contributed by atoms with E-state index in [-0.39, 0.29) is 0 Å². The highest BCUT2D eigenvalue weighted by atomic mass is 16.3. The minimum absolute atomic E-state index is 0.407. The topological polar surface area (TPSA) is 37.3 Å². The summed E-state index contributed by atoms with van der Waals surface area (Å²) in [6.45, 7) is 5.72. The summed E-state index contributed by atoms with van der Waals surface area (Å²) < 4.78 is 0. The molecule has 0 heterocycles. The summed E-state index contributed by atoms with van der Waals surface area (Å²) in [5.41, 5.74) is 3.89. The van der Waals surface area contributed by atoms with E-state index < -0.39 is 6.10 Å². The average Bonchev–Trinajstić information content (AvgIpc) is 2.10. The van der Waals surface area contributed by atoms with E-state index in [1.165, 1.54) is 0 Å². The van der Waals surface area contributed by atoms with Crippen LogP contribution in [0.4, 0.5) is 0 Å². The average molecular weight is 192 g/mol. The van der Waals surface area contributed by atoms with Crippen LogP contribution in [0.5, 0.6) is 0 Å². The van der Waals surface area contributed by atoms with Gasteiger partial charge in [0, 0.05) is 5.56 Å². The maximum absolute atomic E-state index is 10.8. The van der Waals surface area contributed by atoms with Crippen LogP contribution in [-0.2, 0) is 6.42 Å². The lowest BCUT2D eigenvalue weighted by Crippen LogP contribution is -2.07. The first-order valence-electron chi connectivity index (χ1n) is 4.78. The Morgan fingerprint density at radius 1 is 1.36 bits per heavy atom. The fourth-order valence-electron chi connectivity index (χ4n) is 1.50. The third-order valence-electron chi connectivity index (χ3n) is 2.40. The van der Waals surface area contributed by atoms with Gasteiger partial charge in [-0.2, -0.15) is 0 Å². The van der Waals surface area contributed by atoms with Crippen molar-refractivity contribution in [1.29, 1.82) is 0 Å². The van der Waals surface area contributed by atoms with Gasteiger partial charge in [0.15, 0.2) is 0 Å². The lowest BCUT2D eigenvalue weighted by Gasteiger charge is -2.10. The molecule has 2 nitrogen and oxygen atoms in total. The van der Waals surface area contributed by atoms with Gasteiger partial charge in [0.1, 0.15) is 6.29 Å². The second-order valence-corrected chi connectivity index (χ2v) is 3.81. The molecule has 0 saturated carbocycles. The van der Waals surface area contributed by atoms with Gasteiger partial charge >= 0.3 is 0 Å². The number of aliphatic hydroxyl groups excluding tert-OH is 1. The Kier molecular flexibility index (Phi) is 3.42. The summed E-state index contributed by atoms with van der Waals surface area (Å²) in [5, 5.41) is 9.27. The van der Waals surface area contributed by atoms with Gasteiger partial charge in [-0.1, -0.05) is 6.07 Å². The van der Waals surface area contributed by atoms with E-state index in [1.807, 2.05) is 26.0 Å². The Morgan fingerprint density at radius 3 is 2.43 bits per heavy atom. The minimum atomic E-state index is -0.407. The number of hydrogen-bond donors (Lipinski definition) is 1. The second kappa shape index (κ2) is 4.38. The van der Waals surface area contributed by atoms with Crippen molar-refractivity contribution < 1.29 is 9.90 Å². The highest BCUT2D eigenvalue weighted by molar-refractivity contribution is 5.78. The predicted octanol–water partition coefficient (Wildman–Crippen LogP) is 2.04. The van der Waals surface area contributed by atoms with Crippen LogP contribution < -0.4 is 0 Å². The van der Waals surface area contributed by atoms with E-state index in [2.05, 4.69) is 0 Å². The maximum atomic E-state index is 10.8. The van der Waals surface area contributed by atoms with Gasteiger partial charge in [-0.15, -0.1) is 0 Å². The van der Waals surface area contributed by atoms with Crippen LogP contribution in [0.25, 0.3) is 0 Å². The van der Waals surface area contributed by atoms with Gasteiger partial charge in [-0.05, 0) is 49.9 Å². The van der Waals surface area contributed by atoms with Gasteiger partial charge in [0.2, 0.25) is 0 Å². The zero-order valence-electron chi connectivity index (χ0n) is 8.87. The van der Waals surface area contributed by atoms with Crippen LogP contribution in [0.2, 0.25) is 0 Å². The van der Waals surface area contributed by atoms with Gasteiger partial charge in [0.05, 0.1) is 6.10 Å². The first-order valence-corrected chi connectivity index (χ1v) is 4.78. The molecule has 1 rings (SSSR count). The lowest BCUT2D eigenvalue weighted by atomic mass is 9.97. The molecule has 1 aromatic carbocycles. The van der Waals surface area contributed by atoms with Crippen LogP contribution in [-0.4, -0.2) is 17.5 Å². The first-order chi connectivity index (χ1) is 6.54. The molecular formula is C12H16O2. The van der Waals surface area contributed by atoms with Crippen LogP contribution in [0, 0.1) is 13.8 Å². The van der Waals surface area contributed by atoms with Crippen molar-refractivity contribution in [3.8, 4) is 0 Å². The van der Waals surface area contributed by atoms with Crippen LogP contribution >= 0.6 is 0 Å². The van der Waals surface area contributed by atoms with Gasteiger partial charge in [-0.25, -0.2) is 0 Å². The Morgan fingerprint density at radius 2 is 1.93 bits per heavy atom. The second-order valence-electron chi connectivity index (χ2n) is 3.81. The summed E-state index contributed by atoms with van der Waals surface area (Å²) in [6.07, 6.45) is 0.982. The third kappa shape index (κ3) is 2.42. The summed E-state index contributed by atoms with van der Waals surface area (Å²) in [4.78, 5) is 10.8. The molecule has 1 aromatic rings. The molecular weight excluding hydrogens is 176 g/mol. The summed E-state index contributed by atoms with van der Waals surface area (Å²) in [7, 11) is 0. The van der Waals surface area contributed by atoms with Crippen LogP contribution in [0.3, 0.4) is 0 Å². The Balaban J connectivity index is 3.13. The molecule has 76 valence electrons. The molecule has 0 bridgehead atoms. The molecule has 0 spiro atoms. The fourth-order valence-corrected chi connectivity index (χ4v) is 1.50. The molecule has 0 aliphatic rings. The molecule has 0 saturated heterocycles. The lowest BCUT2D eigenvalue weighted by molar-refractivity contribution is 0.112. The fraction of sp³-hybridized carbons (Fsp3) is 0.417. The summed E-state index contributed by atoms with van der Waals surface area (Å²) in [5.74, 6) is 0. The van der Waals surface area contributed by atoms with Crippen molar-refractivity contribution in [2.45, 2.75) is 33.3 Å². The van der Waals surface area contributed by atoms with Crippen molar-refractivity contribution in [2.24, 2.45) is 0 Å². The number of benzene rings is 1. The van der Waals surface area contributed by atoms with E-state index >= 15 is 0 Å². The largest absolute Gasteiger partial charge is 0.393 e. The number of aldehydes is 1. The molecule has 0 aliphatic carbocycles. The predicted molar refractivity (Wildman–Crippen MR) is 56.7 cm³/mol. The summed E-state index contributed by atoms with van der Waals surface area (Å²) >= 11 is 0. The number of carbonyl (C=O) groups excluding carboxylic acids is 1. The van der Waals surface area contributed by atoms with Crippen molar-refractivity contribution in [1.82, 2.24) is 0 Å². The van der Waals surface area contributed by atoms with Crippen molar-refractivity contribution in [3.05, 3.63) is 34.4 Å². The highest BCUT2D eigenvalue weighted by Gasteiger charge is 2.07. The Bertz CT molecular complexity index is 340. The third-order valence-corrected chi connectivity index (χ3v) is 2.40.